The van der Waals surface area contributed by atoms with Crippen molar-refractivity contribution >= 4 is 11.6 Å². The Morgan fingerprint density at radius 1 is 1.19 bits per heavy atom. The van der Waals surface area contributed by atoms with Crippen LogP contribution in [0.3, 0.4) is 0 Å². The Labute approximate surface area is 158 Å². The summed E-state index contributed by atoms with van der Waals surface area (Å²) in [4.78, 5) is 22.7. The zero-order valence-electron chi connectivity index (χ0n) is 16.0. The molecule has 2 aliphatic heterocycles. The van der Waals surface area contributed by atoms with Gasteiger partial charge in [-0.05, 0) is 39.3 Å². The lowest BCUT2D eigenvalue weighted by molar-refractivity contribution is -0.141. The van der Waals surface area contributed by atoms with E-state index in [2.05, 4.69) is 30.7 Å². The Kier molecular flexibility index (Phi) is 5.65. The smallest absolute Gasteiger partial charge is 0.369 e. The molecule has 27 heavy (non-hydrogen) atoms. The first-order chi connectivity index (χ1) is 12.7. The van der Waals surface area contributed by atoms with Gasteiger partial charge in [-0.3, -0.25) is 9.69 Å². The van der Waals surface area contributed by atoms with Crippen molar-refractivity contribution in [1.29, 1.82) is 0 Å². The van der Waals surface area contributed by atoms with Crippen LogP contribution in [0.2, 0.25) is 0 Å². The summed E-state index contributed by atoms with van der Waals surface area (Å²) in [6.07, 6.45) is -2.46. The molecule has 0 radical (unpaired) electrons. The van der Waals surface area contributed by atoms with E-state index in [0.29, 0.717) is 30.9 Å². The molecule has 0 aliphatic carbocycles. The van der Waals surface area contributed by atoms with E-state index in [4.69, 9.17) is 0 Å². The minimum absolute atomic E-state index is 0.106. The first-order valence-electron chi connectivity index (χ1n) is 9.49. The van der Waals surface area contributed by atoms with E-state index in [0.717, 1.165) is 32.1 Å². The molecule has 1 aromatic heterocycles. The molecule has 2 atom stereocenters. The van der Waals surface area contributed by atoms with Crippen molar-refractivity contribution < 1.29 is 18.0 Å². The first-order valence-corrected chi connectivity index (χ1v) is 9.49. The average molecular weight is 384 g/mol. The van der Waals surface area contributed by atoms with Gasteiger partial charge in [0.15, 0.2) is 0 Å². The maximum absolute atomic E-state index is 12.9. The number of hydrogen-bond acceptors (Lipinski definition) is 4. The number of hydrogen-bond donors (Lipinski definition) is 0. The molecule has 2 aliphatic rings. The Bertz CT molecular complexity index is 662. The van der Waals surface area contributed by atoms with Crippen LogP contribution in [0.4, 0.5) is 18.9 Å². The van der Waals surface area contributed by atoms with Crippen LogP contribution >= 0.6 is 0 Å². The summed E-state index contributed by atoms with van der Waals surface area (Å²) in [6, 6.07) is 3.23. The molecule has 0 N–H and O–H groups in total. The van der Waals surface area contributed by atoms with E-state index in [1.807, 2.05) is 9.80 Å². The molecule has 3 heterocycles. The minimum atomic E-state index is -4.43. The third kappa shape index (κ3) is 4.36. The van der Waals surface area contributed by atoms with Crippen molar-refractivity contribution in [2.45, 2.75) is 45.5 Å². The lowest BCUT2D eigenvalue weighted by Crippen LogP contribution is -2.56. The lowest BCUT2D eigenvalue weighted by Gasteiger charge is -2.42. The highest BCUT2D eigenvalue weighted by Crippen LogP contribution is 2.30. The zero-order chi connectivity index (χ0) is 19.8. The summed E-state index contributed by atoms with van der Waals surface area (Å²) in [5.41, 5.74) is -0.258. The summed E-state index contributed by atoms with van der Waals surface area (Å²) in [7, 11) is 0. The second-order valence-electron chi connectivity index (χ2n) is 7.80. The SMILES string of the molecule is CC(C)N1CCN(C(=O)[C@H]2CCN(c3ccc(C(F)(F)F)nc3)C2)C[C@@H]1C. The number of carbonyl (C=O) groups is 1. The molecule has 150 valence electrons. The van der Waals surface area contributed by atoms with Gasteiger partial charge in [-0.25, -0.2) is 4.98 Å². The number of aromatic nitrogens is 1. The van der Waals surface area contributed by atoms with Crippen LogP contribution in [0.1, 0.15) is 32.9 Å². The molecule has 2 fully saturated rings. The van der Waals surface area contributed by atoms with Crippen LogP contribution in [0, 0.1) is 5.92 Å². The average Bonchev–Trinajstić information content (AvgIpc) is 3.10. The van der Waals surface area contributed by atoms with Gasteiger partial charge >= 0.3 is 6.18 Å². The molecular formula is C19H27F3N4O. The van der Waals surface area contributed by atoms with Crippen LogP contribution < -0.4 is 4.90 Å². The van der Waals surface area contributed by atoms with E-state index in [-0.39, 0.29) is 11.8 Å². The van der Waals surface area contributed by atoms with Gasteiger partial charge < -0.3 is 9.80 Å². The Morgan fingerprint density at radius 3 is 2.48 bits per heavy atom. The number of rotatable bonds is 3. The molecule has 8 heteroatoms. The van der Waals surface area contributed by atoms with E-state index < -0.39 is 11.9 Å². The molecular weight excluding hydrogens is 357 g/mol. The second kappa shape index (κ2) is 7.66. The van der Waals surface area contributed by atoms with Gasteiger partial charge in [-0.1, -0.05) is 0 Å². The van der Waals surface area contributed by atoms with Crippen molar-refractivity contribution in [2.75, 3.05) is 37.6 Å². The van der Waals surface area contributed by atoms with Crippen LogP contribution in [-0.4, -0.2) is 65.5 Å². The second-order valence-corrected chi connectivity index (χ2v) is 7.80. The van der Waals surface area contributed by atoms with Crippen LogP contribution in [-0.2, 0) is 11.0 Å². The van der Waals surface area contributed by atoms with Gasteiger partial charge in [0, 0.05) is 44.8 Å². The summed E-state index contributed by atoms with van der Waals surface area (Å²) in [5, 5.41) is 0. The van der Waals surface area contributed by atoms with Gasteiger partial charge in [0.25, 0.3) is 0 Å². The molecule has 1 amide bonds. The van der Waals surface area contributed by atoms with Gasteiger partial charge in [-0.15, -0.1) is 0 Å². The Morgan fingerprint density at radius 2 is 1.93 bits per heavy atom. The molecule has 1 aromatic rings. The van der Waals surface area contributed by atoms with Crippen molar-refractivity contribution in [2.24, 2.45) is 5.92 Å². The van der Waals surface area contributed by atoms with E-state index >= 15 is 0 Å². The number of nitrogens with zero attached hydrogens (tertiary/aromatic N) is 4. The van der Waals surface area contributed by atoms with E-state index in [1.165, 1.54) is 12.3 Å². The van der Waals surface area contributed by atoms with Crippen molar-refractivity contribution in [3.8, 4) is 0 Å². The zero-order valence-corrected chi connectivity index (χ0v) is 16.0. The fraction of sp³-hybridized carbons (Fsp3) is 0.684. The highest BCUT2D eigenvalue weighted by Gasteiger charge is 2.36. The largest absolute Gasteiger partial charge is 0.433 e. The minimum Gasteiger partial charge on any atom is -0.369 e. The highest BCUT2D eigenvalue weighted by atomic mass is 19.4. The number of alkyl halides is 3. The first kappa shape index (κ1) is 19.9. The number of piperazine rings is 1. The maximum Gasteiger partial charge on any atom is 0.433 e. The number of anilines is 1. The molecule has 0 bridgehead atoms. The predicted octanol–water partition coefficient (Wildman–Crippen LogP) is 2.87. The number of pyridine rings is 1. The van der Waals surface area contributed by atoms with Gasteiger partial charge in [0.1, 0.15) is 5.69 Å². The van der Waals surface area contributed by atoms with Crippen LogP contribution in [0.5, 0.6) is 0 Å². The monoisotopic (exact) mass is 384 g/mol. The van der Waals surface area contributed by atoms with Crippen molar-refractivity contribution in [1.82, 2.24) is 14.8 Å². The third-order valence-corrected chi connectivity index (χ3v) is 5.59. The van der Waals surface area contributed by atoms with Crippen LogP contribution in [0.25, 0.3) is 0 Å². The fourth-order valence-electron chi connectivity index (χ4n) is 4.13. The number of halogens is 3. The third-order valence-electron chi connectivity index (χ3n) is 5.59. The van der Waals surface area contributed by atoms with E-state index in [1.54, 1.807) is 0 Å². The summed E-state index contributed by atoms with van der Waals surface area (Å²) in [6.45, 7) is 10.0. The molecule has 5 nitrogen and oxygen atoms in total. The molecule has 0 spiro atoms. The molecule has 0 saturated carbocycles. The van der Waals surface area contributed by atoms with Gasteiger partial charge in [0.2, 0.25) is 5.91 Å². The highest BCUT2D eigenvalue weighted by molar-refractivity contribution is 5.80. The van der Waals surface area contributed by atoms with E-state index in [9.17, 15) is 18.0 Å². The summed E-state index contributed by atoms with van der Waals surface area (Å²) in [5.74, 6) is 0.0534. The fourth-order valence-corrected chi connectivity index (χ4v) is 4.13. The topological polar surface area (TPSA) is 39.7 Å². The van der Waals surface area contributed by atoms with Gasteiger partial charge in [0.05, 0.1) is 17.8 Å². The van der Waals surface area contributed by atoms with Crippen molar-refractivity contribution in [3.05, 3.63) is 24.0 Å². The van der Waals surface area contributed by atoms with Crippen molar-refractivity contribution in [3.63, 3.8) is 0 Å². The molecule has 0 unspecified atom stereocenters. The molecule has 0 aromatic carbocycles. The normalized spacial score (nSPS) is 24.7. The van der Waals surface area contributed by atoms with Gasteiger partial charge in [-0.2, -0.15) is 13.2 Å². The summed E-state index contributed by atoms with van der Waals surface area (Å²) < 4.78 is 37.9. The maximum atomic E-state index is 12.9. The Hall–Kier alpha value is -1.83. The molecule has 3 rings (SSSR count). The standard InChI is InChI=1S/C19H27F3N4O/c1-13(2)26-9-8-25(11-14(26)3)18(27)15-6-7-24(12-15)16-4-5-17(23-10-16)19(20,21)22/h4-5,10,13-15H,6-9,11-12H2,1-3H3/t14-,15-/m0/s1. The number of carbonyl (C=O) groups excluding carboxylic acids is 1. The predicted molar refractivity (Wildman–Crippen MR) is 97.4 cm³/mol. The number of amides is 1. The summed E-state index contributed by atoms with van der Waals surface area (Å²) >= 11 is 0. The molecule has 2 saturated heterocycles. The lowest BCUT2D eigenvalue weighted by atomic mass is 10.0. The quantitative estimate of drug-likeness (QED) is 0.804. The Balaban J connectivity index is 1.58. The van der Waals surface area contributed by atoms with Crippen LogP contribution in [0.15, 0.2) is 18.3 Å².